The first-order valence-electron chi connectivity index (χ1n) is 11.2. The van der Waals surface area contributed by atoms with Crippen LogP contribution in [0.4, 0.5) is 11.8 Å². The van der Waals surface area contributed by atoms with Gasteiger partial charge in [0.05, 0.1) is 0 Å². The molecule has 2 fully saturated rings. The summed E-state index contributed by atoms with van der Waals surface area (Å²) in [5.41, 5.74) is 1.16. The molecule has 0 spiro atoms. The molecule has 0 atom stereocenters. The summed E-state index contributed by atoms with van der Waals surface area (Å²) < 4.78 is 0. The van der Waals surface area contributed by atoms with Crippen LogP contribution in [0.1, 0.15) is 12.5 Å². The zero-order valence-electron chi connectivity index (χ0n) is 18.6. The molecule has 0 unspecified atom stereocenters. The maximum Gasteiger partial charge on any atom is 0.225 e. The number of nitrogens with one attached hydrogen (secondary N) is 1. The molecule has 9 heteroatoms. The van der Waals surface area contributed by atoms with Crippen molar-refractivity contribution in [3.05, 3.63) is 42.4 Å². The van der Waals surface area contributed by atoms with Crippen LogP contribution in [0.5, 0.6) is 0 Å². The first kappa shape index (κ1) is 21.3. The van der Waals surface area contributed by atoms with Gasteiger partial charge in [0, 0.05) is 84.5 Å². The number of hydrogen-bond acceptors (Lipinski definition) is 7. The number of pyridine rings is 1. The van der Waals surface area contributed by atoms with Crippen LogP contribution in [0.3, 0.4) is 0 Å². The molecular formula is C22H33N9. The van der Waals surface area contributed by atoms with E-state index in [1.807, 2.05) is 19.3 Å². The summed E-state index contributed by atoms with van der Waals surface area (Å²) >= 11 is 0. The minimum Gasteiger partial charge on any atom is -0.354 e. The monoisotopic (exact) mass is 423 g/mol. The first-order valence-corrected chi connectivity index (χ1v) is 11.2. The molecule has 31 heavy (non-hydrogen) atoms. The fourth-order valence-electron chi connectivity index (χ4n) is 4.09. The summed E-state index contributed by atoms with van der Waals surface area (Å²) in [6, 6.07) is 6.15. The Hall–Kier alpha value is -2.94. The van der Waals surface area contributed by atoms with Crippen LogP contribution in [0.2, 0.25) is 0 Å². The molecule has 0 amide bonds. The third kappa shape index (κ3) is 5.41. The van der Waals surface area contributed by atoms with Gasteiger partial charge in [-0.15, -0.1) is 0 Å². The Morgan fingerprint density at radius 3 is 2.26 bits per heavy atom. The molecule has 166 valence electrons. The molecule has 2 aliphatic heterocycles. The van der Waals surface area contributed by atoms with Gasteiger partial charge in [0.15, 0.2) is 5.96 Å². The Balaban J connectivity index is 1.25. The van der Waals surface area contributed by atoms with Gasteiger partial charge in [-0.2, -0.15) is 0 Å². The van der Waals surface area contributed by atoms with Gasteiger partial charge in [-0.05, 0) is 24.2 Å². The second kappa shape index (κ2) is 10.4. The lowest BCUT2D eigenvalue weighted by Crippen LogP contribution is -2.52. The normalized spacial score (nSPS) is 18.4. The molecule has 4 rings (SSSR count). The fourth-order valence-corrected chi connectivity index (χ4v) is 4.09. The van der Waals surface area contributed by atoms with E-state index in [0.717, 1.165) is 82.2 Å². The molecule has 0 bridgehead atoms. The molecule has 4 heterocycles. The topological polar surface area (TPSA) is 76.0 Å². The average molecular weight is 424 g/mol. The first-order chi connectivity index (χ1) is 15.3. The number of piperazine rings is 2. The van der Waals surface area contributed by atoms with Gasteiger partial charge >= 0.3 is 0 Å². The molecule has 0 aromatic carbocycles. The van der Waals surface area contributed by atoms with Crippen molar-refractivity contribution in [2.45, 2.75) is 13.5 Å². The number of aliphatic imine (C=N–C) groups is 1. The zero-order valence-corrected chi connectivity index (χ0v) is 18.6. The maximum atomic E-state index is 4.71. The average Bonchev–Trinajstić information content (AvgIpc) is 2.86. The highest BCUT2D eigenvalue weighted by molar-refractivity contribution is 5.80. The number of likely N-dealkylation sites (N-methyl/N-ethyl adjacent to an activating group) is 1. The Morgan fingerprint density at radius 2 is 1.65 bits per heavy atom. The van der Waals surface area contributed by atoms with E-state index in [0.29, 0.717) is 6.54 Å². The van der Waals surface area contributed by atoms with Crippen LogP contribution in [0.25, 0.3) is 0 Å². The highest BCUT2D eigenvalue weighted by Gasteiger charge is 2.21. The number of rotatable bonds is 5. The lowest BCUT2D eigenvalue weighted by molar-refractivity contribution is 0.270. The van der Waals surface area contributed by atoms with E-state index < -0.39 is 0 Å². The quantitative estimate of drug-likeness (QED) is 0.562. The van der Waals surface area contributed by atoms with Gasteiger partial charge in [0.25, 0.3) is 0 Å². The zero-order chi connectivity index (χ0) is 21.5. The second-order valence-corrected chi connectivity index (χ2v) is 7.87. The Kier molecular flexibility index (Phi) is 7.14. The minimum atomic E-state index is 0.714. The number of hydrogen-bond donors (Lipinski definition) is 1. The van der Waals surface area contributed by atoms with Crippen molar-refractivity contribution in [2.24, 2.45) is 4.99 Å². The van der Waals surface area contributed by atoms with E-state index in [9.17, 15) is 0 Å². The lowest BCUT2D eigenvalue weighted by atomic mass is 10.2. The molecule has 1 N–H and O–H groups in total. The van der Waals surface area contributed by atoms with Crippen LogP contribution in [0, 0.1) is 0 Å². The van der Waals surface area contributed by atoms with Crippen molar-refractivity contribution in [2.75, 3.05) is 75.8 Å². The summed E-state index contributed by atoms with van der Waals surface area (Å²) in [6.45, 7) is 11.9. The van der Waals surface area contributed by atoms with Gasteiger partial charge < -0.3 is 24.9 Å². The van der Waals surface area contributed by atoms with Crippen LogP contribution in [-0.4, -0.2) is 96.7 Å². The largest absolute Gasteiger partial charge is 0.354 e. The van der Waals surface area contributed by atoms with Crippen molar-refractivity contribution in [1.29, 1.82) is 0 Å². The van der Waals surface area contributed by atoms with Crippen molar-refractivity contribution in [3.63, 3.8) is 0 Å². The van der Waals surface area contributed by atoms with Crippen molar-refractivity contribution < 1.29 is 0 Å². The highest BCUT2D eigenvalue weighted by atomic mass is 15.4. The summed E-state index contributed by atoms with van der Waals surface area (Å²) in [6.07, 6.45) is 5.56. The highest BCUT2D eigenvalue weighted by Crippen LogP contribution is 2.14. The van der Waals surface area contributed by atoms with Gasteiger partial charge in [0.2, 0.25) is 5.95 Å². The van der Waals surface area contributed by atoms with Gasteiger partial charge in [0.1, 0.15) is 5.82 Å². The number of guanidine groups is 1. The fraction of sp³-hybridized carbons (Fsp3) is 0.545. The molecular weight excluding hydrogens is 390 g/mol. The smallest absolute Gasteiger partial charge is 0.225 e. The third-order valence-electron chi connectivity index (χ3n) is 6.03. The third-order valence-corrected chi connectivity index (χ3v) is 6.03. The number of aromatic nitrogens is 3. The number of nitrogens with zero attached hydrogens (tertiary/aromatic N) is 8. The summed E-state index contributed by atoms with van der Waals surface area (Å²) in [4.78, 5) is 27.2. The van der Waals surface area contributed by atoms with Gasteiger partial charge in [-0.3, -0.25) is 4.99 Å². The van der Waals surface area contributed by atoms with Gasteiger partial charge in [-0.1, -0.05) is 13.0 Å². The molecule has 2 saturated heterocycles. The molecule has 0 saturated carbocycles. The van der Waals surface area contributed by atoms with Crippen LogP contribution >= 0.6 is 0 Å². The van der Waals surface area contributed by atoms with Gasteiger partial charge in [-0.25, -0.2) is 15.0 Å². The summed E-state index contributed by atoms with van der Waals surface area (Å²) in [5.74, 6) is 2.80. The number of anilines is 2. The van der Waals surface area contributed by atoms with E-state index in [2.05, 4.69) is 58.9 Å². The predicted molar refractivity (Wildman–Crippen MR) is 125 cm³/mol. The SMILES string of the molecule is CCN1CCN(c2ccc(CNC(=NC)N3CCN(c4ncccn4)CC3)cn2)CC1. The standard InChI is InChI=1S/C22H33N9/c1-3-28-9-11-29(12-10-28)20-6-5-19(17-26-20)18-27-21(23-2)30-13-15-31(16-14-30)22-24-7-4-8-25-22/h4-8,17H,3,9-16,18H2,1-2H3,(H,23,27). The Morgan fingerprint density at radius 1 is 0.935 bits per heavy atom. The van der Waals surface area contributed by atoms with Crippen LogP contribution < -0.4 is 15.1 Å². The maximum absolute atomic E-state index is 4.71. The van der Waals surface area contributed by atoms with E-state index in [4.69, 9.17) is 4.98 Å². The molecule has 0 aliphatic carbocycles. The summed E-state index contributed by atoms with van der Waals surface area (Å²) in [5, 5.41) is 3.49. The molecule has 2 aromatic heterocycles. The molecule has 2 aliphatic rings. The predicted octanol–water partition coefficient (Wildman–Crippen LogP) is 0.911. The van der Waals surface area contributed by atoms with E-state index >= 15 is 0 Å². The molecule has 9 nitrogen and oxygen atoms in total. The van der Waals surface area contributed by atoms with Crippen LogP contribution in [0.15, 0.2) is 41.8 Å². The lowest BCUT2D eigenvalue weighted by Gasteiger charge is -2.36. The van der Waals surface area contributed by atoms with E-state index in [1.165, 1.54) is 0 Å². The minimum absolute atomic E-state index is 0.714. The molecule has 0 radical (unpaired) electrons. The molecule has 2 aromatic rings. The Bertz CT molecular complexity index is 824. The second-order valence-electron chi connectivity index (χ2n) is 7.87. The Labute approximate surface area is 184 Å². The van der Waals surface area contributed by atoms with Crippen LogP contribution in [-0.2, 0) is 6.54 Å². The van der Waals surface area contributed by atoms with Crippen molar-refractivity contribution in [1.82, 2.24) is 30.1 Å². The van der Waals surface area contributed by atoms with Crippen molar-refractivity contribution >= 4 is 17.7 Å². The van der Waals surface area contributed by atoms with E-state index in [-0.39, 0.29) is 0 Å². The summed E-state index contributed by atoms with van der Waals surface area (Å²) in [7, 11) is 1.84. The van der Waals surface area contributed by atoms with Crippen molar-refractivity contribution in [3.8, 4) is 0 Å². The van der Waals surface area contributed by atoms with E-state index in [1.54, 1.807) is 12.4 Å².